The number of hydrogen-bond acceptors (Lipinski definition) is 3. The molecule has 0 N–H and O–H groups in total. The summed E-state index contributed by atoms with van der Waals surface area (Å²) < 4.78 is 54.8. The van der Waals surface area contributed by atoms with Gasteiger partial charge in [0.05, 0.1) is 16.9 Å². The van der Waals surface area contributed by atoms with E-state index in [0.717, 1.165) is 12.1 Å². The number of anilines is 2. The number of rotatable bonds is 3. The van der Waals surface area contributed by atoms with Gasteiger partial charge in [-0.1, -0.05) is 24.3 Å². The molecule has 0 amide bonds. The van der Waals surface area contributed by atoms with Gasteiger partial charge in [0.25, 0.3) is 0 Å². The molecule has 0 spiro atoms. The van der Waals surface area contributed by atoms with E-state index in [-0.39, 0.29) is 5.82 Å². The lowest BCUT2D eigenvalue weighted by Crippen LogP contribution is -2.47. The van der Waals surface area contributed by atoms with Gasteiger partial charge in [0.15, 0.2) is 0 Å². The van der Waals surface area contributed by atoms with Crippen molar-refractivity contribution in [2.45, 2.75) is 6.18 Å². The zero-order valence-corrected chi connectivity index (χ0v) is 15.8. The van der Waals surface area contributed by atoms with Crippen molar-refractivity contribution in [3.8, 4) is 11.3 Å². The van der Waals surface area contributed by atoms with E-state index in [9.17, 15) is 17.6 Å². The molecule has 1 saturated heterocycles. The Balaban J connectivity index is 1.52. The molecule has 8 heteroatoms. The second-order valence-electron chi connectivity index (χ2n) is 7.04. The molecule has 1 aromatic heterocycles. The smallest absolute Gasteiger partial charge is 0.366 e. The van der Waals surface area contributed by atoms with E-state index in [1.165, 1.54) is 12.1 Å². The fourth-order valence-electron chi connectivity index (χ4n) is 3.60. The number of alkyl halides is 3. The zero-order valence-electron chi connectivity index (χ0n) is 15.8. The molecule has 29 heavy (non-hydrogen) atoms. The van der Waals surface area contributed by atoms with Crippen LogP contribution in [0.3, 0.4) is 0 Å². The predicted octanol–water partition coefficient (Wildman–Crippen LogP) is 4.57. The van der Waals surface area contributed by atoms with Gasteiger partial charge in [-0.2, -0.15) is 13.2 Å². The molecule has 0 aliphatic carbocycles. The second-order valence-corrected chi connectivity index (χ2v) is 7.04. The van der Waals surface area contributed by atoms with Gasteiger partial charge in [0, 0.05) is 45.0 Å². The summed E-state index contributed by atoms with van der Waals surface area (Å²) in [6, 6.07) is 11.9. The normalized spacial score (nSPS) is 15.1. The fourth-order valence-corrected chi connectivity index (χ4v) is 3.60. The average Bonchev–Trinajstić information content (AvgIpc) is 3.10. The van der Waals surface area contributed by atoms with Gasteiger partial charge in [-0.25, -0.2) is 9.37 Å². The Morgan fingerprint density at radius 1 is 0.897 bits per heavy atom. The summed E-state index contributed by atoms with van der Waals surface area (Å²) >= 11 is 0. The van der Waals surface area contributed by atoms with Gasteiger partial charge in [-0.05, 0) is 24.3 Å². The molecule has 3 aromatic rings. The average molecular weight is 404 g/mol. The molecule has 2 heterocycles. The minimum atomic E-state index is -4.39. The van der Waals surface area contributed by atoms with Crippen molar-refractivity contribution in [2.75, 3.05) is 36.0 Å². The Bertz CT molecular complexity index is 1000. The molecule has 1 aliphatic rings. The maximum absolute atomic E-state index is 14.0. The van der Waals surface area contributed by atoms with Gasteiger partial charge < -0.3 is 14.4 Å². The maximum atomic E-state index is 14.0. The van der Waals surface area contributed by atoms with Gasteiger partial charge in [-0.3, -0.25) is 0 Å². The SMILES string of the molecule is Cn1cc(-c2cccc(C(F)(F)F)c2)nc1N1CCN(c2ccccc2F)CC1. The first-order valence-electron chi connectivity index (χ1n) is 9.28. The summed E-state index contributed by atoms with van der Waals surface area (Å²) in [6.07, 6.45) is -2.66. The summed E-state index contributed by atoms with van der Waals surface area (Å²) in [7, 11) is 1.82. The molecule has 0 saturated carbocycles. The number of nitrogens with zero attached hydrogens (tertiary/aromatic N) is 4. The number of aromatic nitrogens is 2. The molecular formula is C21H20F4N4. The maximum Gasteiger partial charge on any atom is 0.416 e. The summed E-state index contributed by atoms with van der Waals surface area (Å²) in [5.41, 5.74) is 0.800. The highest BCUT2D eigenvalue weighted by Crippen LogP contribution is 2.32. The largest absolute Gasteiger partial charge is 0.416 e. The molecule has 1 fully saturated rings. The number of piperazine rings is 1. The van der Waals surface area contributed by atoms with Crippen LogP contribution in [-0.2, 0) is 13.2 Å². The van der Waals surface area contributed by atoms with Crippen molar-refractivity contribution in [1.29, 1.82) is 0 Å². The van der Waals surface area contributed by atoms with E-state index in [2.05, 4.69) is 9.88 Å². The summed E-state index contributed by atoms with van der Waals surface area (Å²) in [4.78, 5) is 8.62. The molecular weight excluding hydrogens is 384 g/mol. The van der Waals surface area contributed by atoms with Crippen molar-refractivity contribution >= 4 is 11.6 Å². The van der Waals surface area contributed by atoms with Crippen LogP contribution in [0.1, 0.15) is 5.56 Å². The molecule has 0 atom stereocenters. The number of imidazole rings is 1. The van der Waals surface area contributed by atoms with Crippen LogP contribution in [0.4, 0.5) is 29.2 Å². The summed E-state index contributed by atoms with van der Waals surface area (Å²) in [6.45, 7) is 2.54. The van der Waals surface area contributed by atoms with Crippen molar-refractivity contribution in [2.24, 2.45) is 7.05 Å². The molecule has 4 rings (SSSR count). The van der Waals surface area contributed by atoms with Gasteiger partial charge in [0.1, 0.15) is 5.82 Å². The van der Waals surface area contributed by atoms with Gasteiger partial charge in [0.2, 0.25) is 5.95 Å². The molecule has 2 aromatic carbocycles. The molecule has 4 nitrogen and oxygen atoms in total. The monoisotopic (exact) mass is 404 g/mol. The molecule has 0 radical (unpaired) electrons. The minimum Gasteiger partial charge on any atom is -0.366 e. The van der Waals surface area contributed by atoms with E-state index < -0.39 is 11.7 Å². The number of hydrogen-bond donors (Lipinski definition) is 0. The second kappa shape index (κ2) is 7.42. The zero-order chi connectivity index (χ0) is 20.6. The quantitative estimate of drug-likeness (QED) is 0.598. The van der Waals surface area contributed by atoms with Crippen LogP contribution in [0.2, 0.25) is 0 Å². The third-order valence-electron chi connectivity index (χ3n) is 5.09. The minimum absolute atomic E-state index is 0.246. The van der Waals surface area contributed by atoms with Crippen LogP contribution in [-0.4, -0.2) is 35.7 Å². The van der Waals surface area contributed by atoms with E-state index in [4.69, 9.17) is 0 Å². The third-order valence-corrected chi connectivity index (χ3v) is 5.09. The summed E-state index contributed by atoms with van der Waals surface area (Å²) in [5, 5.41) is 0. The van der Waals surface area contributed by atoms with Crippen molar-refractivity contribution in [1.82, 2.24) is 9.55 Å². The lowest BCUT2D eigenvalue weighted by atomic mass is 10.1. The highest BCUT2D eigenvalue weighted by atomic mass is 19.4. The van der Waals surface area contributed by atoms with E-state index in [0.29, 0.717) is 49.1 Å². The Labute approximate surface area is 166 Å². The van der Waals surface area contributed by atoms with E-state index >= 15 is 0 Å². The predicted molar refractivity (Wildman–Crippen MR) is 104 cm³/mol. The first-order valence-corrected chi connectivity index (χ1v) is 9.28. The van der Waals surface area contributed by atoms with E-state index in [1.54, 1.807) is 24.4 Å². The molecule has 0 bridgehead atoms. The van der Waals surface area contributed by atoms with Crippen LogP contribution in [0.25, 0.3) is 11.3 Å². The Morgan fingerprint density at radius 2 is 1.59 bits per heavy atom. The number of halogens is 4. The number of para-hydroxylation sites is 1. The number of benzene rings is 2. The first-order chi connectivity index (χ1) is 13.8. The van der Waals surface area contributed by atoms with Crippen molar-refractivity contribution < 1.29 is 17.6 Å². The highest BCUT2D eigenvalue weighted by molar-refractivity contribution is 5.62. The van der Waals surface area contributed by atoms with Crippen LogP contribution in [0.5, 0.6) is 0 Å². The highest BCUT2D eigenvalue weighted by Gasteiger charge is 2.31. The summed E-state index contributed by atoms with van der Waals surface area (Å²) in [5.74, 6) is 0.440. The number of aryl methyl sites for hydroxylation is 1. The van der Waals surface area contributed by atoms with Gasteiger partial charge in [-0.15, -0.1) is 0 Å². The Morgan fingerprint density at radius 3 is 2.28 bits per heavy atom. The lowest BCUT2D eigenvalue weighted by molar-refractivity contribution is -0.137. The van der Waals surface area contributed by atoms with Crippen molar-refractivity contribution in [3.63, 3.8) is 0 Å². The lowest BCUT2D eigenvalue weighted by Gasteiger charge is -2.36. The van der Waals surface area contributed by atoms with Crippen LogP contribution < -0.4 is 9.80 Å². The van der Waals surface area contributed by atoms with Crippen LogP contribution >= 0.6 is 0 Å². The molecule has 1 aliphatic heterocycles. The Kier molecular flexibility index (Phi) is 4.94. The molecule has 152 valence electrons. The van der Waals surface area contributed by atoms with E-state index in [1.807, 2.05) is 22.6 Å². The standard InChI is InChI=1S/C21H20F4N4/c1-27-14-18(15-5-4-6-16(13-15)21(23,24)25)26-20(27)29-11-9-28(10-12-29)19-8-3-2-7-17(19)22/h2-8,13-14H,9-12H2,1H3. The van der Waals surface area contributed by atoms with Crippen LogP contribution in [0, 0.1) is 5.82 Å². The first kappa shape index (κ1) is 19.3. The van der Waals surface area contributed by atoms with Gasteiger partial charge >= 0.3 is 6.18 Å². The topological polar surface area (TPSA) is 24.3 Å². The molecule has 0 unspecified atom stereocenters. The van der Waals surface area contributed by atoms with Crippen molar-refractivity contribution in [3.05, 3.63) is 66.1 Å². The fraction of sp³-hybridized carbons (Fsp3) is 0.286. The Hall–Kier alpha value is -3.03. The van der Waals surface area contributed by atoms with Crippen LogP contribution in [0.15, 0.2) is 54.7 Å². The third kappa shape index (κ3) is 3.92.